The summed E-state index contributed by atoms with van der Waals surface area (Å²) < 4.78 is 11.2. The van der Waals surface area contributed by atoms with Crippen LogP contribution in [0.25, 0.3) is 0 Å². The average Bonchev–Trinajstić information content (AvgIpc) is 3.07. The van der Waals surface area contributed by atoms with Gasteiger partial charge in [-0.1, -0.05) is 48.7 Å². The van der Waals surface area contributed by atoms with Crippen LogP contribution in [-0.4, -0.2) is 39.8 Å². The molecule has 1 amide bonds. The minimum atomic E-state index is 0.146. The number of thioether (sulfide) groups is 1. The van der Waals surface area contributed by atoms with Crippen molar-refractivity contribution in [1.82, 2.24) is 15.1 Å². The van der Waals surface area contributed by atoms with Gasteiger partial charge in [0.05, 0.1) is 5.75 Å². The molecule has 1 saturated heterocycles. The lowest BCUT2D eigenvalue weighted by Gasteiger charge is -2.24. The van der Waals surface area contributed by atoms with E-state index in [1.807, 2.05) is 36.1 Å². The highest BCUT2D eigenvalue weighted by Crippen LogP contribution is 2.19. The molecule has 2 heterocycles. The topological polar surface area (TPSA) is 68.5 Å². The van der Waals surface area contributed by atoms with Crippen molar-refractivity contribution < 1.29 is 13.9 Å². The van der Waals surface area contributed by atoms with Gasteiger partial charge in [0, 0.05) is 13.1 Å². The smallest absolute Gasteiger partial charge is 0.277 e. The van der Waals surface area contributed by atoms with Crippen LogP contribution in [0.5, 0.6) is 5.75 Å². The van der Waals surface area contributed by atoms with Gasteiger partial charge in [-0.15, -0.1) is 10.2 Å². The molecule has 0 bridgehead atoms. The molecule has 26 heavy (non-hydrogen) atoms. The van der Waals surface area contributed by atoms with Gasteiger partial charge in [0.15, 0.2) is 6.61 Å². The van der Waals surface area contributed by atoms with Gasteiger partial charge in [-0.3, -0.25) is 4.79 Å². The van der Waals surface area contributed by atoms with Crippen LogP contribution >= 0.6 is 11.8 Å². The summed E-state index contributed by atoms with van der Waals surface area (Å²) in [6.45, 7) is 3.97. The Morgan fingerprint density at radius 1 is 1.12 bits per heavy atom. The molecule has 3 rings (SSSR count). The number of rotatable bonds is 6. The summed E-state index contributed by atoms with van der Waals surface area (Å²) in [5, 5.41) is 8.38. The van der Waals surface area contributed by atoms with Crippen LogP contribution in [0, 0.1) is 6.92 Å². The first-order valence-corrected chi connectivity index (χ1v) is 10.1. The number of ether oxygens (including phenoxy) is 1. The number of carbonyl (C=O) groups is 1. The van der Waals surface area contributed by atoms with Crippen molar-refractivity contribution in [2.75, 3.05) is 18.8 Å². The molecule has 1 fully saturated rings. The molecular weight excluding hydrogens is 350 g/mol. The first-order chi connectivity index (χ1) is 12.7. The summed E-state index contributed by atoms with van der Waals surface area (Å²) in [6.07, 6.45) is 5.90. The van der Waals surface area contributed by atoms with Crippen molar-refractivity contribution in [2.24, 2.45) is 0 Å². The van der Waals surface area contributed by atoms with Gasteiger partial charge in [0.1, 0.15) is 5.75 Å². The van der Waals surface area contributed by atoms with E-state index in [1.165, 1.54) is 36.6 Å². The second kappa shape index (κ2) is 9.62. The molecule has 0 aliphatic carbocycles. The van der Waals surface area contributed by atoms with E-state index in [0.29, 0.717) is 16.9 Å². The summed E-state index contributed by atoms with van der Waals surface area (Å²) in [6, 6.07) is 7.79. The lowest BCUT2D eigenvalue weighted by atomic mass is 10.1. The summed E-state index contributed by atoms with van der Waals surface area (Å²) in [4.78, 5) is 14.3. The van der Waals surface area contributed by atoms with E-state index in [1.54, 1.807) is 0 Å². The third-order valence-corrected chi connectivity index (χ3v) is 5.16. The Hall–Kier alpha value is -2.02. The molecule has 6 nitrogen and oxygen atoms in total. The molecule has 0 atom stereocenters. The highest BCUT2D eigenvalue weighted by molar-refractivity contribution is 7.99. The Morgan fingerprint density at radius 2 is 1.81 bits per heavy atom. The van der Waals surface area contributed by atoms with Crippen LogP contribution in [0.1, 0.15) is 43.6 Å². The fraction of sp³-hybridized carbons (Fsp3) is 0.526. The van der Waals surface area contributed by atoms with Gasteiger partial charge in [0.2, 0.25) is 5.91 Å². The Kier molecular flexibility index (Phi) is 6.94. The summed E-state index contributed by atoms with van der Waals surface area (Å²) >= 11 is 1.29. The maximum Gasteiger partial charge on any atom is 0.277 e. The zero-order valence-electron chi connectivity index (χ0n) is 15.1. The van der Waals surface area contributed by atoms with Crippen LogP contribution in [0.3, 0.4) is 0 Å². The minimum Gasteiger partial charge on any atom is -0.484 e. The number of hydrogen-bond acceptors (Lipinski definition) is 6. The number of aromatic nitrogens is 2. The van der Waals surface area contributed by atoms with Gasteiger partial charge in [-0.2, -0.15) is 0 Å². The first-order valence-electron chi connectivity index (χ1n) is 9.13. The fourth-order valence-electron chi connectivity index (χ4n) is 2.85. The van der Waals surface area contributed by atoms with Crippen molar-refractivity contribution in [3.8, 4) is 5.75 Å². The fourth-order valence-corrected chi connectivity index (χ4v) is 3.53. The molecule has 1 aromatic carbocycles. The van der Waals surface area contributed by atoms with E-state index in [-0.39, 0.29) is 12.5 Å². The van der Waals surface area contributed by atoms with Crippen LogP contribution in [0.4, 0.5) is 0 Å². The third kappa shape index (κ3) is 5.76. The molecule has 0 N–H and O–H groups in total. The second-order valence-electron chi connectivity index (χ2n) is 6.50. The molecule has 7 heteroatoms. The third-order valence-electron chi connectivity index (χ3n) is 4.36. The molecule has 0 radical (unpaired) electrons. The molecule has 140 valence electrons. The molecule has 1 aliphatic heterocycles. The van der Waals surface area contributed by atoms with Crippen molar-refractivity contribution in [1.29, 1.82) is 0 Å². The molecule has 0 spiro atoms. The van der Waals surface area contributed by atoms with E-state index < -0.39 is 0 Å². The number of carbonyl (C=O) groups excluding carboxylic acids is 1. The number of amides is 1. The van der Waals surface area contributed by atoms with Crippen molar-refractivity contribution in [2.45, 2.75) is 50.9 Å². The highest BCUT2D eigenvalue weighted by Gasteiger charge is 2.17. The van der Waals surface area contributed by atoms with Crippen LogP contribution in [0.15, 0.2) is 33.9 Å². The average molecular weight is 375 g/mol. The number of aryl methyl sites for hydroxylation is 1. The lowest BCUT2D eigenvalue weighted by Crippen LogP contribution is -2.35. The van der Waals surface area contributed by atoms with Gasteiger partial charge in [0.25, 0.3) is 11.1 Å². The van der Waals surface area contributed by atoms with E-state index in [4.69, 9.17) is 9.15 Å². The minimum absolute atomic E-state index is 0.146. The predicted octanol–water partition coefficient (Wildman–Crippen LogP) is 3.84. The van der Waals surface area contributed by atoms with E-state index in [9.17, 15) is 4.79 Å². The maximum atomic E-state index is 12.4. The van der Waals surface area contributed by atoms with Gasteiger partial charge in [-0.25, -0.2) is 0 Å². The molecule has 1 aromatic heterocycles. The predicted molar refractivity (Wildman–Crippen MR) is 100 cm³/mol. The largest absolute Gasteiger partial charge is 0.484 e. The number of nitrogens with zero attached hydrogens (tertiary/aromatic N) is 3. The quantitative estimate of drug-likeness (QED) is 0.715. The normalized spacial score (nSPS) is 15.3. The molecule has 2 aromatic rings. The van der Waals surface area contributed by atoms with Gasteiger partial charge < -0.3 is 14.1 Å². The number of hydrogen-bond donors (Lipinski definition) is 0. The van der Waals surface area contributed by atoms with Crippen LogP contribution in [-0.2, 0) is 11.4 Å². The SMILES string of the molecule is Cc1ccc(OCc2nnc(SCC(=O)N3CCCCCCC3)o2)cc1. The summed E-state index contributed by atoms with van der Waals surface area (Å²) in [5.74, 6) is 1.65. The van der Waals surface area contributed by atoms with Gasteiger partial charge >= 0.3 is 0 Å². The first kappa shape index (κ1) is 18.8. The number of benzene rings is 1. The van der Waals surface area contributed by atoms with Crippen molar-refractivity contribution >= 4 is 17.7 Å². The Bertz CT molecular complexity index is 694. The monoisotopic (exact) mass is 375 g/mol. The Labute approximate surface area is 158 Å². The van der Waals surface area contributed by atoms with E-state index in [0.717, 1.165) is 31.7 Å². The van der Waals surface area contributed by atoms with E-state index >= 15 is 0 Å². The molecule has 0 unspecified atom stereocenters. The zero-order chi connectivity index (χ0) is 18.2. The second-order valence-corrected chi connectivity index (χ2v) is 7.43. The van der Waals surface area contributed by atoms with Crippen LogP contribution in [0.2, 0.25) is 0 Å². The maximum absolute atomic E-state index is 12.4. The van der Waals surface area contributed by atoms with E-state index in [2.05, 4.69) is 10.2 Å². The molecular formula is C19H25N3O3S. The number of likely N-dealkylation sites (tertiary alicyclic amines) is 1. The Morgan fingerprint density at radius 3 is 2.54 bits per heavy atom. The molecule has 0 saturated carbocycles. The van der Waals surface area contributed by atoms with Crippen molar-refractivity contribution in [3.05, 3.63) is 35.7 Å². The zero-order valence-corrected chi connectivity index (χ0v) is 16.0. The summed E-state index contributed by atoms with van der Waals surface area (Å²) in [5.41, 5.74) is 1.18. The standard InChI is InChI=1S/C19H25N3O3S/c1-15-7-9-16(10-8-15)24-13-17-20-21-19(25-17)26-14-18(23)22-11-5-3-2-4-6-12-22/h7-10H,2-6,11-14H2,1H3. The summed E-state index contributed by atoms with van der Waals surface area (Å²) in [7, 11) is 0. The van der Waals surface area contributed by atoms with Crippen LogP contribution < -0.4 is 4.74 Å². The molecule has 1 aliphatic rings. The highest BCUT2D eigenvalue weighted by atomic mass is 32.2. The van der Waals surface area contributed by atoms with Gasteiger partial charge in [-0.05, 0) is 31.9 Å². The lowest BCUT2D eigenvalue weighted by molar-refractivity contribution is -0.128. The Balaban J connectivity index is 1.44. The van der Waals surface area contributed by atoms with Crippen molar-refractivity contribution in [3.63, 3.8) is 0 Å².